The third-order valence-electron chi connectivity index (χ3n) is 2.71. The normalized spacial score (nSPS) is 20.6. The van der Waals surface area contributed by atoms with Crippen LogP contribution in [0.5, 0.6) is 0 Å². The molecule has 0 aliphatic carbocycles. The molecule has 0 saturated carbocycles. The van der Waals surface area contributed by atoms with Crippen LogP contribution in [0.1, 0.15) is 33.1 Å². The number of piperidine rings is 1. The van der Waals surface area contributed by atoms with Gasteiger partial charge in [-0.05, 0) is 38.5 Å². The van der Waals surface area contributed by atoms with E-state index in [2.05, 4.69) is 16.3 Å². The number of ether oxygens (including phenoxy) is 1. The summed E-state index contributed by atoms with van der Waals surface area (Å²) in [6.45, 7) is 8.87. The zero-order chi connectivity index (χ0) is 13.4. The van der Waals surface area contributed by atoms with Crippen LogP contribution in [0, 0.1) is 0 Å². The molecule has 1 aliphatic rings. The van der Waals surface area contributed by atoms with Gasteiger partial charge in [0.2, 0.25) is 6.57 Å². The van der Waals surface area contributed by atoms with E-state index in [0.717, 1.165) is 13.1 Å². The number of hydrogen-bond donors (Lipinski definition) is 1. The van der Waals surface area contributed by atoms with Gasteiger partial charge in [-0.1, -0.05) is 13.0 Å². The predicted octanol–water partition coefficient (Wildman–Crippen LogP) is 2.87. The minimum absolute atomic E-state index is 0.144. The maximum atomic E-state index is 6.02. The predicted molar refractivity (Wildman–Crippen MR) is 80.1 cm³/mol. The van der Waals surface area contributed by atoms with E-state index in [9.17, 15) is 0 Å². The number of hydrogen-bond acceptors (Lipinski definition) is 3. The van der Waals surface area contributed by atoms with E-state index >= 15 is 0 Å². The topological polar surface area (TPSA) is 33.7 Å². The van der Waals surface area contributed by atoms with Crippen LogP contribution in [0.3, 0.4) is 0 Å². The fourth-order valence-electron chi connectivity index (χ4n) is 1.96. The first kappa shape index (κ1) is 16.1. The fourth-order valence-corrected chi connectivity index (χ4v) is 5.40. The van der Waals surface area contributed by atoms with Crippen LogP contribution >= 0.6 is 6.57 Å². The summed E-state index contributed by atoms with van der Waals surface area (Å²) in [6, 6.07) is 0. The van der Waals surface area contributed by atoms with Crippen molar-refractivity contribution in [1.29, 1.82) is 0 Å². The van der Waals surface area contributed by atoms with Gasteiger partial charge >= 0.3 is 0 Å². The van der Waals surface area contributed by atoms with Crippen molar-refractivity contribution >= 4 is 18.4 Å². The van der Waals surface area contributed by atoms with E-state index in [4.69, 9.17) is 21.1 Å². The average molecular weight is 292 g/mol. The molecule has 6 heteroatoms. The summed E-state index contributed by atoms with van der Waals surface area (Å²) in [5.41, 5.74) is 0. The van der Waals surface area contributed by atoms with Crippen molar-refractivity contribution in [1.82, 2.24) is 9.76 Å². The Morgan fingerprint density at radius 3 is 2.61 bits per heavy atom. The van der Waals surface area contributed by atoms with Crippen LogP contribution in [-0.4, -0.2) is 37.0 Å². The molecule has 0 radical (unpaired) electrons. The Balaban J connectivity index is 2.55. The minimum atomic E-state index is -2.09. The molecule has 4 nitrogen and oxygen atoms in total. The van der Waals surface area contributed by atoms with Crippen LogP contribution in [0.25, 0.3) is 0 Å². The molecule has 1 atom stereocenters. The van der Waals surface area contributed by atoms with Gasteiger partial charge < -0.3 is 9.26 Å². The Kier molecular flexibility index (Phi) is 7.42. The Morgan fingerprint density at radius 1 is 1.39 bits per heavy atom. The molecule has 1 saturated heterocycles. The zero-order valence-electron chi connectivity index (χ0n) is 11.4. The monoisotopic (exact) mass is 292 g/mol. The number of nitrogens with one attached hydrogen (secondary N) is 1. The third kappa shape index (κ3) is 5.37. The molecule has 0 bridgehead atoms. The van der Waals surface area contributed by atoms with Gasteiger partial charge in [-0.25, -0.2) is 4.67 Å². The molecular formula is C12H25N2O2PS. The molecule has 0 amide bonds. The summed E-state index contributed by atoms with van der Waals surface area (Å²) in [5, 5.41) is 3.39. The highest BCUT2D eigenvalue weighted by molar-refractivity contribution is 8.10. The maximum absolute atomic E-state index is 6.02. The third-order valence-corrected chi connectivity index (χ3v) is 6.52. The molecule has 0 aromatic heterocycles. The smallest absolute Gasteiger partial charge is 0.201 e. The second-order valence-electron chi connectivity index (χ2n) is 4.63. The van der Waals surface area contributed by atoms with Crippen molar-refractivity contribution < 1.29 is 9.26 Å². The first-order valence-electron chi connectivity index (χ1n) is 6.60. The number of nitrogens with zero attached hydrogens (tertiary/aromatic N) is 1. The molecule has 106 valence electrons. The van der Waals surface area contributed by atoms with Gasteiger partial charge in [-0.3, -0.25) is 5.09 Å². The lowest BCUT2D eigenvalue weighted by Gasteiger charge is -2.38. The van der Waals surface area contributed by atoms with Crippen molar-refractivity contribution in [2.75, 3.05) is 26.2 Å². The summed E-state index contributed by atoms with van der Waals surface area (Å²) in [5.74, 6) is 0. The Bertz CT molecular complexity index is 294. The molecule has 0 aromatic carbocycles. The minimum Gasteiger partial charge on any atom is -0.500 e. The van der Waals surface area contributed by atoms with Gasteiger partial charge in [0.1, 0.15) is 6.61 Å². The van der Waals surface area contributed by atoms with E-state index in [-0.39, 0.29) is 6.10 Å². The SMILES string of the molecule is C=COCCNP(=S)(OC(C)C)N1CCCCC1. The van der Waals surface area contributed by atoms with E-state index < -0.39 is 6.57 Å². The van der Waals surface area contributed by atoms with Gasteiger partial charge in [0.15, 0.2) is 0 Å². The van der Waals surface area contributed by atoms with E-state index in [1.165, 1.54) is 25.5 Å². The maximum Gasteiger partial charge on any atom is 0.201 e. The summed E-state index contributed by atoms with van der Waals surface area (Å²) < 4.78 is 13.5. The van der Waals surface area contributed by atoms with E-state index in [1.54, 1.807) is 0 Å². The van der Waals surface area contributed by atoms with Crippen LogP contribution in [0.2, 0.25) is 0 Å². The largest absolute Gasteiger partial charge is 0.500 e. The zero-order valence-corrected chi connectivity index (χ0v) is 13.1. The number of rotatable bonds is 8. The van der Waals surface area contributed by atoms with E-state index in [1.807, 2.05) is 13.8 Å². The van der Waals surface area contributed by atoms with Crippen molar-refractivity contribution in [2.45, 2.75) is 39.2 Å². The molecule has 1 fully saturated rings. The van der Waals surface area contributed by atoms with Crippen molar-refractivity contribution in [2.24, 2.45) is 0 Å². The first-order valence-corrected chi connectivity index (χ1v) is 9.27. The lowest BCUT2D eigenvalue weighted by molar-refractivity contribution is 0.216. The molecule has 0 aromatic rings. The Hall–Kier alpha value is 0.0700. The summed E-state index contributed by atoms with van der Waals surface area (Å²) >= 11 is 5.77. The molecule has 1 heterocycles. The first-order chi connectivity index (χ1) is 8.58. The second-order valence-corrected chi connectivity index (χ2v) is 8.25. The highest BCUT2D eigenvalue weighted by atomic mass is 32.5. The molecule has 0 spiro atoms. The Morgan fingerprint density at radius 2 is 2.06 bits per heavy atom. The molecular weight excluding hydrogens is 267 g/mol. The molecule has 1 unspecified atom stereocenters. The molecule has 1 rings (SSSR count). The molecule has 1 N–H and O–H groups in total. The average Bonchev–Trinajstić information content (AvgIpc) is 2.35. The van der Waals surface area contributed by atoms with Gasteiger partial charge in [0.05, 0.1) is 12.4 Å². The van der Waals surface area contributed by atoms with Crippen LogP contribution < -0.4 is 5.09 Å². The van der Waals surface area contributed by atoms with Gasteiger partial charge in [0.25, 0.3) is 0 Å². The van der Waals surface area contributed by atoms with E-state index in [0.29, 0.717) is 13.2 Å². The van der Waals surface area contributed by atoms with Gasteiger partial charge in [-0.2, -0.15) is 0 Å². The van der Waals surface area contributed by atoms with Gasteiger partial charge in [0, 0.05) is 19.6 Å². The highest BCUT2D eigenvalue weighted by Gasteiger charge is 2.28. The van der Waals surface area contributed by atoms with Crippen LogP contribution in [0.15, 0.2) is 12.8 Å². The summed E-state index contributed by atoms with van der Waals surface area (Å²) in [6.07, 6.45) is 5.32. The Labute approximate surface area is 116 Å². The molecule has 18 heavy (non-hydrogen) atoms. The fraction of sp³-hybridized carbons (Fsp3) is 0.833. The van der Waals surface area contributed by atoms with Crippen LogP contribution in [-0.2, 0) is 21.1 Å². The van der Waals surface area contributed by atoms with Crippen molar-refractivity contribution in [3.63, 3.8) is 0 Å². The lowest BCUT2D eigenvalue weighted by atomic mass is 10.2. The lowest BCUT2D eigenvalue weighted by Crippen LogP contribution is -2.35. The summed E-state index contributed by atoms with van der Waals surface area (Å²) in [7, 11) is 0. The van der Waals surface area contributed by atoms with Crippen molar-refractivity contribution in [3.8, 4) is 0 Å². The van der Waals surface area contributed by atoms with Crippen LogP contribution in [0.4, 0.5) is 0 Å². The summed E-state index contributed by atoms with van der Waals surface area (Å²) in [4.78, 5) is 0. The second kappa shape index (κ2) is 8.28. The molecule has 1 aliphatic heterocycles. The highest BCUT2D eigenvalue weighted by Crippen LogP contribution is 2.49. The quantitative estimate of drug-likeness (QED) is 0.423. The standard InChI is InChI=1S/C12H25N2O2PS/c1-4-15-11-8-13-17(18,16-12(2)3)14-9-6-5-7-10-14/h4,12H,1,5-11H2,2-3H3,(H,13,18). The van der Waals surface area contributed by atoms with Crippen molar-refractivity contribution in [3.05, 3.63) is 12.8 Å². The van der Waals surface area contributed by atoms with Gasteiger partial charge in [-0.15, -0.1) is 0 Å².